The van der Waals surface area contributed by atoms with Crippen LogP contribution in [0, 0.1) is 6.92 Å². The van der Waals surface area contributed by atoms with Crippen LogP contribution in [0.25, 0.3) is 22.6 Å². The van der Waals surface area contributed by atoms with Gasteiger partial charge < -0.3 is 19.4 Å². The maximum Gasteiger partial charge on any atom is 0.251 e. The number of aryl methyl sites for hydroxylation is 1. The number of hydrogen-bond acceptors (Lipinski definition) is 7. The van der Waals surface area contributed by atoms with Crippen LogP contribution in [0.3, 0.4) is 0 Å². The second kappa shape index (κ2) is 9.39. The molecule has 3 aromatic heterocycles. The Balaban J connectivity index is 1.41. The predicted octanol–water partition coefficient (Wildman–Crippen LogP) is 4.35. The van der Waals surface area contributed by atoms with E-state index in [1.54, 1.807) is 18.3 Å². The van der Waals surface area contributed by atoms with Gasteiger partial charge in [0, 0.05) is 23.9 Å². The van der Waals surface area contributed by atoms with Gasteiger partial charge in [-0.15, -0.1) is 0 Å². The number of halogens is 1. The van der Waals surface area contributed by atoms with Gasteiger partial charge in [0.1, 0.15) is 17.8 Å². The van der Waals surface area contributed by atoms with Crippen molar-refractivity contribution in [2.45, 2.75) is 51.3 Å². The number of ether oxygens (including phenoxy) is 2. The molecule has 1 aliphatic carbocycles. The lowest BCUT2D eigenvalue weighted by atomic mass is 10.1. The van der Waals surface area contributed by atoms with Gasteiger partial charge in [0.25, 0.3) is 5.91 Å². The van der Waals surface area contributed by atoms with Gasteiger partial charge >= 0.3 is 0 Å². The van der Waals surface area contributed by atoms with Gasteiger partial charge in [0.15, 0.2) is 11.2 Å². The van der Waals surface area contributed by atoms with E-state index < -0.39 is 0 Å². The molecule has 4 heterocycles. The van der Waals surface area contributed by atoms with E-state index in [1.807, 2.05) is 29.7 Å². The molecule has 1 saturated carbocycles. The molecule has 1 atom stereocenters. The summed E-state index contributed by atoms with van der Waals surface area (Å²) in [5.74, 6) is 0.875. The Hall–Kier alpha value is -3.56. The zero-order valence-electron chi connectivity index (χ0n) is 20.7. The minimum Gasteiger partial charge on any atom is -0.470 e. The fourth-order valence-corrected chi connectivity index (χ4v) is 4.72. The molecule has 9 nitrogen and oxygen atoms in total. The van der Waals surface area contributed by atoms with Crippen LogP contribution in [0.5, 0.6) is 5.88 Å². The van der Waals surface area contributed by atoms with Gasteiger partial charge in [0.2, 0.25) is 5.88 Å². The molecule has 1 aromatic carbocycles. The molecule has 0 spiro atoms. The third-order valence-corrected chi connectivity index (χ3v) is 7.14. The molecule has 1 N–H and O–H groups in total. The summed E-state index contributed by atoms with van der Waals surface area (Å²) in [6.45, 7) is 5.71. The maximum absolute atomic E-state index is 12.8. The lowest BCUT2D eigenvalue weighted by molar-refractivity contribution is 0.0930. The molecule has 37 heavy (non-hydrogen) atoms. The highest BCUT2D eigenvalue weighted by molar-refractivity contribution is 6.33. The van der Waals surface area contributed by atoms with Crippen molar-refractivity contribution >= 4 is 28.7 Å². The van der Waals surface area contributed by atoms with Crippen molar-refractivity contribution in [3.8, 4) is 17.3 Å². The Kier molecular flexibility index (Phi) is 6.04. The van der Waals surface area contributed by atoms with Crippen molar-refractivity contribution in [2.75, 3.05) is 13.2 Å². The lowest BCUT2D eigenvalue weighted by Crippen LogP contribution is -2.34. The molecule has 0 bridgehead atoms. The average Bonchev–Trinajstić information content (AvgIpc) is 3.24. The summed E-state index contributed by atoms with van der Waals surface area (Å²) < 4.78 is 13.5. The molecule has 1 aliphatic heterocycles. The molecule has 190 valence electrons. The highest BCUT2D eigenvalue weighted by Crippen LogP contribution is 2.41. The second-order valence-electron chi connectivity index (χ2n) is 9.98. The molecule has 2 aliphatic rings. The fourth-order valence-electron chi connectivity index (χ4n) is 4.46. The molecule has 1 saturated heterocycles. The third-order valence-electron chi connectivity index (χ3n) is 6.82. The topological polar surface area (TPSA) is 104 Å². The number of rotatable bonds is 7. The Labute approximate surface area is 219 Å². The zero-order chi connectivity index (χ0) is 25.6. The molecule has 10 heteroatoms. The van der Waals surface area contributed by atoms with Gasteiger partial charge in [-0.1, -0.05) is 11.6 Å². The number of imidazole rings is 1. The largest absolute Gasteiger partial charge is 0.470 e. The molecule has 2 fully saturated rings. The van der Waals surface area contributed by atoms with Gasteiger partial charge in [-0.3, -0.25) is 9.78 Å². The normalized spacial score (nSPS) is 18.2. The van der Waals surface area contributed by atoms with Gasteiger partial charge in [-0.05, 0) is 69.0 Å². The summed E-state index contributed by atoms with van der Waals surface area (Å²) in [7, 11) is 0. The molecule has 4 aromatic rings. The molecule has 6 rings (SSSR count). The Morgan fingerprint density at radius 2 is 2.11 bits per heavy atom. The first-order valence-electron chi connectivity index (χ1n) is 12.4. The summed E-state index contributed by atoms with van der Waals surface area (Å²) >= 11 is 6.77. The van der Waals surface area contributed by atoms with Crippen LogP contribution in [0.4, 0.5) is 0 Å². The van der Waals surface area contributed by atoms with Crippen LogP contribution in [-0.2, 0) is 11.3 Å². The lowest BCUT2D eigenvalue weighted by Gasteiger charge is -2.13. The van der Waals surface area contributed by atoms with Gasteiger partial charge in [-0.25, -0.2) is 9.97 Å². The Morgan fingerprint density at radius 3 is 2.84 bits per heavy atom. The average molecular weight is 519 g/mol. The summed E-state index contributed by atoms with van der Waals surface area (Å²) in [4.78, 5) is 31.2. The van der Waals surface area contributed by atoms with Crippen molar-refractivity contribution in [3.63, 3.8) is 0 Å². The van der Waals surface area contributed by atoms with Gasteiger partial charge in [-0.2, -0.15) is 4.98 Å². The first-order valence-corrected chi connectivity index (χ1v) is 12.8. The number of benzene rings is 1. The standard InChI is InChI=1S/C27H27ClN6O3/c1-16-5-9-29-19(11-16)13-34-23(33-22-24(34)30-15-31-26(22)37-27(2)7-8-27)20-4-3-17(12-21(20)28)25(35)32-18-6-10-36-14-18/h3-5,9,11-12,15,18H,6-8,10,13-14H2,1-2H3,(H,32,35)/t18-/m1/s1. The molecular formula is C27H27ClN6O3. The molecular weight excluding hydrogens is 492 g/mol. The first kappa shape index (κ1) is 23.8. The molecule has 1 amide bonds. The first-order chi connectivity index (χ1) is 17.9. The Morgan fingerprint density at radius 1 is 1.24 bits per heavy atom. The second-order valence-corrected chi connectivity index (χ2v) is 10.4. The highest BCUT2D eigenvalue weighted by Gasteiger charge is 2.41. The number of pyridine rings is 1. The van der Waals surface area contributed by atoms with Crippen molar-refractivity contribution in [1.29, 1.82) is 0 Å². The number of aromatic nitrogens is 5. The summed E-state index contributed by atoms with van der Waals surface area (Å²) in [5.41, 5.74) is 4.11. The van der Waals surface area contributed by atoms with Gasteiger partial charge in [0.05, 0.1) is 29.9 Å². The quantitative estimate of drug-likeness (QED) is 0.388. The highest BCUT2D eigenvalue weighted by atomic mass is 35.5. The predicted molar refractivity (Wildman–Crippen MR) is 139 cm³/mol. The van der Waals surface area contributed by atoms with E-state index in [0.717, 1.165) is 30.5 Å². The number of hydrogen-bond donors (Lipinski definition) is 1. The number of fused-ring (bicyclic) bond motifs is 1. The summed E-state index contributed by atoms with van der Waals surface area (Å²) in [6.07, 6.45) is 6.04. The third kappa shape index (κ3) is 4.89. The van der Waals surface area contributed by atoms with Crippen LogP contribution in [0.2, 0.25) is 5.02 Å². The molecule has 0 unspecified atom stereocenters. The number of carbonyl (C=O) groups is 1. The number of nitrogens with zero attached hydrogens (tertiary/aromatic N) is 5. The van der Waals surface area contributed by atoms with Crippen LogP contribution >= 0.6 is 11.6 Å². The smallest absolute Gasteiger partial charge is 0.251 e. The van der Waals surface area contributed by atoms with Crippen LogP contribution < -0.4 is 10.1 Å². The SMILES string of the molecule is Cc1ccnc(Cn2c(-c3ccc(C(=O)N[C@@H]4CCOC4)cc3Cl)nc3c(OC4(C)CC4)ncnc32)c1. The van der Waals surface area contributed by atoms with E-state index in [4.69, 9.17) is 26.1 Å². The van der Waals surface area contributed by atoms with Crippen LogP contribution in [0.15, 0.2) is 42.9 Å². The Bertz CT molecular complexity index is 1490. The van der Waals surface area contributed by atoms with E-state index in [2.05, 4.69) is 27.2 Å². The fraction of sp³-hybridized carbons (Fsp3) is 0.370. The maximum atomic E-state index is 12.8. The van der Waals surface area contributed by atoms with E-state index >= 15 is 0 Å². The van der Waals surface area contributed by atoms with E-state index in [0.29, 0.717) is 58.8 Å². The van der Waals surface area contributed by atoms with Crippen molar-refractivity contribution in [2.24, 2.45) is 0 Å². The van der Waals surface area contributed by atoms with Crippen molar-refractivity contribution in [3.05, 3.63) is 64.7 Å². The minimum atomic E-state index is -0.222. The number of nitrogens with one attached hydrogen (secondary N) is 1. The number of amides is 1. The monoisotopic (exact) mass is 518 g/mol. The van der Waals surface area contributed by atoms with Crippen molar-refractivity contribution in [1.82, 2.24) is 29.8 Å². The van der Waals surface area contributed by atoms with E-state index in [1.165, 1.54) is 6.33 Å². The zero-order valence-corrected chi connectivity index (χ0v) is 21.5. The van der Waals surface area contributed by atoms with Crippen LogP contribution in [0.1, 0.15) is 47.8 Å². The molecule has 0 radical (unpaired) electrons. The number of carbonyl (C=O) groups excluding carboxylic acids is 1. The minimum absolute atomic E-state index is 0.0160. The summed E-state index contributed by atoms with van der Waals surface area (Å²) in [6, 6.07) is 9.25. The van der Waals surface area contributed by atoms with E-state index in [-0.39, 0.29) is 17.6 Å². The summed E-state index contributed by atoms with van der Waals surface area (Å²) in [5, 5.41) is 3.41. The van der Waals surface area contributed by atoms with Crippen LogP contribution in [-0.4, -0.2) is 55.3 Å². The van der Waals surface area contributed by atoms with Crippen molar-refractivity contribution < 1.29 is 14.3 Å². The van der Waals surface area contributed by atoms with E-state index in [9.17, 15) is 4.79 Å².